The average molecular weight is 306 g/mol. The molecular weight excluding hydrogens is 293 g/mol. The molecular formula is C13H13F3O3S. The summed E-state index contributed by atoms with van der Waals surface area (Å²) in [5.74, 6) is -0.335. The van der Waals surface area contributed by atoms with E-state index in [1.807, 2.05) is 0 Å². The molecule has 0 radical (unpaired) electrons. The van der Waals surface area contributed by atoms with Crippen molar-refractivity contribution >= 4 is 20.9 Å². The second-order valence-electron chi connectivity index (χ2n) is 3.96. The molecule has 7 heteroatoms. The third-order valence-electron chi connectivity index (χ3n) is 2.48. The molecule has 0 bridgehead atoms. The lowest BCUT2D eigenvalue weighted by atomic mass is 10.1. The minimum Gasteiger partial charge on any atom is -0.375 e. The zero-order valence-corrected chi connectivity index (χ0v) is 10.5. The van der Waals surface area contributed by atoms with Gasteiger partial charge in [-0.15, -0.1) is 0 Å². The van der Waals surface area contributed by atoms with E-state index in [0.717, 1.165) is 5.56 Å². The summed E-state index contributed by atoms with van der Waals surface area (Å²) in [6, 6.07) is 9.28. The molecule has 0 unspecified atom stereocenters. The Balaban J connectivity index is 0.00000200. The van der Waals surface area contributed by atoms with Gasteiger partial charge in [0.15, 0.2) is 5.75 Å². The quantitative estimate of drug-likeness (QED) is 0.622. The summed E-state index contributed by atoms with van der Waals surface area (Å²) in [6.07, 6.45) is 0. The lowest BCUT2D eigenvalue weighted by Gasteiger charge is -2.11. The summed E-state index contributed by atoms with van der Waals surface area (Å²) in [7, 11) is -5.66. The van der Waals surface area contributed by atoms with Crippen molar-refractivity contribution < 1.29 is 25.8 Å². The maximum atomic E-state index is 12.3. The van der Waals surface area contributed by atoms with Crippen molar-refractivity contribution in [3.63, 3.8) is 0 Å². The van der Waals surface area contributed by atoms with Gasteiger partial charge in [-0.05, 0) is 24.4 Å². The Labute approximate surface area is 115 Å². The molecule has 20 heavy (non-hydrogen) atoms. The van der Waals surface area contributed by atoms with Crippen LogP contribution in [0.3, 0.4) is 0 Å². The van der Waals surface area contributed by atoms with Gasteiger partial charge in [-0.25, -0.2) is 0 Å². The number of hydrogen-bond donors (Lipinski definition) is 0. The van der Waals surface area contributed by atoms with Gasteiger partial charge in [-0.3, -0.25) is 0 Å². The largest absolute Gasteiger partial charge is 0.534 e. The van der Waals surface area contributed by atoms with E-state index in [-0.39, 0.29) is 13.2 Å². The molecule has 3 nitrogen and oxygen atoms in total. The smallest absolute Gasteiger partial charge is 0.375 e. The van der Waals surface area contributed by atoms with Crippen LogP contribution in [0.2, 0.25) is 0 Å². The number of rotatable bonds is 2. The van der Waals surface area contributed by atoms with E-state index >= 15 is 0 Å². The van der Waals surface area contributed by atoms with Crippen LogP contribution in [0, 0.1) is 6.92 Å². The van der Waals surface area contributed by atoms with Gasteiger partial charge >= 0.3 is 15.6 Å². The van der Waals surface area contributed by atoms with E-state index in [1.54, 1.807) is 31.2 Å². The summed E-state index contributed by atoms with van der Waals surface area (Å²) in [5, 5.41) is 0.913. The van der Waals surface area contributed by atoms with Crippen LogP contribution in [0.5, 0.6) is 5.75 Å². The predicted molar refractivity (Wildman–Crippen MR) is 71.0 cm³/mol. The van der Waals surface area contributed by atoms with Crippen LogP contribution in [-0.4, -0.2) is 13.9 Å². The molecule has 0 saturated carbocycles. The first kappa shape index (κ1) is 16.3. The molecule has 0 aliphatic rings. The van der Waals surface area contributed by atoms with Crippen LogP contribution in [-0.2, 0) is 10.1 Å². The van der Waals surface area contributed by atoms with Crippen molar-refractivity contribution in [2.45, 2.75) is 19.9 Å². The van der Waals surface area contributed by atoms with E-state index in [1.165, 1.54) is 12.1 Å². The highest BCUT2D eigenvalue weighted by Gasteiger charge is 2.48. The number of hydrogen-bond acceptors (Lipinski definition) is 3. The van der Waals surface area contributed by atoms with Gasteiger partial charge < -0.3 is 4.18 Å². The van der Waals surface area contributed by atoms with Gasteiger partial charge in [-0.2, -0.15) is 21.6 Å². The van der Waals surface area contributed by atoms with Crippen LogP contribution in [0.1, 0.15) is 13.0 Å². The molecule has 0 N–H and O–H groups in total. The fourth-order valence-corrected chi connectivity index (χ4v) is 2.07. The molecule has 0 atom stereocenters. The monoisotopic (exact) mass is 306 g/mol. The molecule has 0 spiro atoms. The fraction of sp³-hybridized carbons (Fsp3) is 0.231. The van der Waals surface area contributed by atoms with E-state index in [0.29, 0.717) is 10.8 Å². The lowest BCUT2D eigenvalue weighted by Crippen LogP contribution is -2.28. The number of fused-ring (bicyclic) bond motifs is 1. The molecule has 0 aliphatic heterocycles. The number of aryl methyl sites for hydroxylation is 1. The highest BCUT2D eigenvalue weighted by Crippen LogP contribution is 2.32. The van der Waals surface area contributed by atoms with Gasteiger partial charge in [0.2, 0.25) is 0 Å². The first-order valence-corrected chi connectivity index (χ1v) is 6.62. The zero-order valence-electron chi connectivity index (χ0n) is 9.73. The van der Waals surface area contributed by atoms with E-state index in [2.05, 4.69) is 4.18 Å². The minimum atomic E-state index is -5.66. The van der Waals surface area contributed by atoms with Gasteiger partial charge in [-0.1, -0.05) is 37.3 Å². The molecule has 110 valence electrons. The Bertz CT molecular complexity index is 721. The first-order valence-electron chi connectivity index (χ1n) is 5.21. The lowest BCUT2D eigenvalue weighted by molar-refractivity contribution is -0.0499. The summed E-state index contributed by atoms with van der Waals surface area (Å²) in [6.45, 7) is 1.74. The number of benzene rings is 2. The van der Waals surface area contributed by atoms with Gasteiger partial charge in [0.1, 0.15) is 0 Å². The van der Waals surface area contributed by atoms with Crippen LogP contribution in [0.4, 0.5) is 13.2 Å². The Kier molecular flexibility index (Phi) is 4.33. The topological polar surface area (TPSA) is 43.4 Å². The van der Waals surface area contributed by atoms with Crippen molar-refractivity contribution in [3.8, 4) is 5.75 Å². The van der Waals surface area contributed by atoms with Crippen LogP contribution >= 0.6 is 0 Å². The summed E-state index contributed by atoms with van der Waals surface area (Å²) < 4.78 is 63.0. The van der Waals surface area contributed by atoms with Crippen molar-refractivity contribution in [2.24, 2.45) is 0 Å². The molecule has 0 aromatic heterocycles. The molecule has 0 heterocycles. The average Bonchev–Trinajstić information content (AvgIpc) is 2.28. The molecule has 2 aromatic rings. The van der Waals surface area contributed by atoms with Crippen LogP contribution in [0.25, 0.3) is 10.8 Å². The Morgan fingerprint density at radius 1 is 1.10 bits per heavy atom. The molecule has 2 aromatic carbocycles. The van der Waals surface area contributed by atoms with Crippen molar-refractivity contribution in [2.75, 3.05) is 0 Å². The predicted octanol–water partition coefficient (Wildman–Crippen LogP) is 4.01. The summed E-state index contributed by atoms with van der Waals surface area (Å²) in [4.78, 5) is 0. The zero-order chi connectivity index (χ0) is 14.3. The second kappa shape index (κ2) is 5.32. The Morgan fingerprint density at radius 2 is 1.75 bits per heavy atom. The summed E-state index contributed by atoms with van der Waals surface area (Å²) >= 11 is 0. The number of alkyl halides is 3. The van der Waals surface area contributed by atoms with Gasteiger partial charge in [0.25, 0.3) is 0 Å². The molecule has 0 aliphatic carbocycles. The molecule has 0 amide bonds. The van der Waals surface area contributed by atoms with E-state index in [4.69, 9.17) is 0 Å². The first-order chi connectivity index (χ1) is 8.71. The van der Waals surface area contributed by atoms with Crippen molar-refractivity contribution in [1.29, 1.82) is 0 Å². The third kappa shape index (κ3) is 3.04. The third-order valence-corrected chi connectivity index (χ3v) is 3.45. The maximum Gasteiger partial charge on any atom is 0.534 e. The Morgan fingerprint density at radius 3 is 2.35 bits per heavy atom. The molecule has 0 saturated heterocycles. The van der Waals surface area contributed by atoms with Crippen LogP contribution in [0.15, 0.2) is 36.4 Å². The second-order valence-corrected chi connectivity index (χ2v) is 5.50. The summed E-state index contributed by atoms with van der Waals surface area (Å²) in [5.41, 5.74) is -4.66. The minimum absolute atomic E-state index is 0. The van der Waals surface area contributed by atoms with Gasteiger partial charge in [0, 0.05) is 5.39 Å². The van der Waals surface area contributed by atoms with Crippen molar-refractivity contribution in [1.82, 2.24) is 0 Å². The van der Waals surface area contributed by atoms with E-state index < -0.39 is 15.6 Å². The normalized spacial score (nSPS) is 12.0. The standard InChI is InChI=1S/C12H9F3O3S.CH4/c1-8-5-6-9-3-2-4-11(10(9)7-8)18-19(16,17)12(13,14)15;/h2-7H,1H3;1H4. The molecule has 2 rings (SSSR count). The highest BCUT2D eigenvalue weighted by molar-refractivity contribution is 7.88. The molecule has 0 fully saturated rings. The van der Waals surface area contributed by atoms with Crippen molar-refractivity contribution in [3.05, 3.63) is 42.0 Å². The maximum absolute atomic E-state index is 12.3. The highest BCUT2D eigenvalue weighted by atomic mass is 32.2. The number of halogens is 3. The SMILES string of the molecule is C.Cc1ccc2cccc(OS(=O)(=O)C(F)(F)F)c2c1. The van der Waals surface area contributed by atoms with Gasteiger partial charge in [0.05, 0.1) is 0 Å². The fourth-order valence-electron chi connectivity index (χ4n) is 1.60. The van der Waals surface area contributed by atoms with E-state index in [9.17, 15) is 21.6 Å². The Hall–Kier alpha value is -1.76. The van der Waals surface area contributed by atoms with Crippen LogP contribution < -0.4 is 4.18 Å².